The highest BCUT2D eigenvalue weighted by molar-refractivity contribution is 6.31. The van der Waals surface area contributed by atoms with Gasteiger partial charge in [-0.2, -0.15) is 0 Å². The molecule has 7 heteroatoms. The Kier molecular flexibility index (Phi) is 4.40. The second-order valence-electron chi connectivity index (χ2n) is 5.28. The lowest BCUT2D eigenvalue weighted by molar-refractivity contribution is -0.116. The third-order valence-corrected chi connectivity index (χ3v) is 4.04. The summed E-state index contributed by atoms with van der Waals surface area (Å²) < 4.78 is 16.2. The number of carbonyl (C=O) groups is 1. The molecule has 1 N–H and O–H groups in total. The third-order valence-electron chi connectivity index (χ3n) is 3.75. The number of benzene rings is 2. The van der Waals surface area contributed by atoms with Crippen LogP contribution in [0.2, 0.25) is 5.02 Å². The molecule has 5 nitrogen and oxygen atoms in total. The highest BCUT2D eigenvalue weighted by atomic mass is 35.5. The minimum absolute atomic E-state index is 0.0763. The summed E-state index contributed by atoms with van der Waals surface area (Å²) in [7, 11) is 0. The van der Waals surface area contributed by atoms with Crippen molar-refractivity contribution >= 4 is 34.2 Å². The number of aryl methyl sites for hydroxylation is 1. The normalized spacial score (nSPS) is 11.0. The molecule has 0 spiro atoms. The van der Waals surface area contributed by atoms with E-state index < -0.39 is 11.7 Å². The molecule has 24 heavy (non-hydrogen) atoms. The molecule has 2 aromatic carbocycles. The maximum absolute atomic E-state index is 13.2. The smallest absolute Gasteiger partial charge is 0.324 e. The molecule has 0 aliphatic carbocycles. The van der Waals surface area contributed by atoms with Crippen molar-refractivity contribution in [3.8, 4) is 0 Å². The number of para-hydroxylation sites is 2. The van der Waals surface area contributed by atoms with E-state index in [-0.39, 0.29) is 17.3 Å². The van der Waals surface area contributed by atoms with Gasteiger partial charge in [-0.05, 0) is 37.3 Å². The van der Waals surface area contributed by atoms with Gasteiger partial charge in [0.2, 0.25) is 5.91 Å². The molecule has 0 aliphatic rings. The molecular weight excluding hydrogens is 333 g/mol. The third kappa shape index (κ3) is 2.92. The van der Waals surface area contributed by atoms with Crippen LogP contribution in [0.4, 0.5) is 10.1 Å². The first-order valence-electron chi connectivity index (χ1n) is 7.44. The Morgan fingerprint density at radius 3 is 2.46 bits per heavy atom. The van der Waals surface area contributed by atoms with Gasteiger partial charge in [0.05, 0.1) is 16.1 Å². The molecule has 0 aliphatic heterocycles. The molecule has 1 heterocycles. The molecular formula is C17H15ClFN3O2. The van der Waals surface area contributed by atoms with Gasteiger partial charge in [-0.3, -0.25) is 13.9 Å². The van der Waals surface area contributed by atoms with Crippen molar-refractivity contribution in [1.82, 2.24) is 9.13 Å². The van der Waals surface area contributed by atoms with Crippen molar-refractivity contribution in [2.24, 2.45) is 0 Å². The minimum Gasteiger partial charge on any atom is -0.324 e. The lowest BCUT2D eigenvalue weighted by Gasteiger charge is -2.07. The Hall–Kier alpha value is -2.60. The van der Waals surface area contributed by atoms with Crippen LogP contribution < -0.4 is 11.0 Å². The van der Waals surface area contributed by atoms with Crippen LogP contribution in [0.1, 0.15) is 6.92 Å². The standard InChI is InChI=1S/C17H15ClFN3O2/c1-2-21-14-5-3-4-6-15(14)22(17(21)24)10-16(23)20-11-7-8-13(19)12(18)9-11/h3-9H,2,10H2,1H3,(H,20,23). The van der Waals surface area contributed by atoms with Crippen molar-refractivity contribution in [3.63, 3.8) is 0 Å². The molecule has 0 unspecified atom stereocenters. The molecule has 3 rings (SSSR count). The Balaban J connectivity index is 1.89. The van der Waals surface area contributed by atoms with Gasteiger partial charge in [-0.15, -0.1) is 0 Å². The zero-order valence-electron chi connectivity index (χ0n) is 12.9. The number of nitrogens with one attached hydrogen (secondary N) is 1. The summed E-state index contributed by atoms with van der Waals surface area (Å²) in [5.74, 6) is -0.948. The Morgan fingerprint density at radius 1 is 1.17 bits per heavy atom. The van der Waals surface area contributed by atoms with E-state index in [0.717, 1.165) is 5.52 Å². The number of nitrogens with zero attached hydrogens (tertiary/aromatic N) is 2. The highest BCUT2D eigenvalue weighted by Crippen LogP contribution is 2.19. The maximum Gasteiger partial charge on any atom is 0.329 e. The predicted octanol–water partition coefficient (Wildman–Crippen LogP) is 3.25. The fourth-order valence-corrected chi connectivity index (χ4v) is 2.83. The monoisotopic (exact) mass is 347 g/mol. The van der Waals surface area contributed by atoms with Crippen molar-refractivity contribution in [3.05, 3.63) is 63.8 Å². The van der Waals surface area contributed by atoms with Crippen LogP contribution in [0.5, 0.6) is 0 Å². The number of anilines is 1. The van der Waals surface area contributed by atoms with Gasteiger partial charge in [0.1, 0.15) is 12.4 Å². The predicted molar refractivity (Wildman–Crippen MR) is 91.9 cm³/mol. The van der Waals surface area contributed by atoms with Gasteiger partial charge < -0.3 is 5.32 Å². The molecule has 0 radical (unpaired) electrons. The number of fused-ring (bicyclic) bond motifs is 1. The van der Waals surface area contributed by atoms with E-state index >= 15 is 0 Å². The average molecular weight is 348 g/mol. The molecule has 0 saturated carbocycles. The van der Waals surface area contributed by atoms with E-state index in [2.05, 4.69) is 5.32 Å². The van der Waals surface area contributed by atoms with Crippen molar-refractivity contribution in [2.75, 3.05) is 5.32 Å². The number of halogens is 2. The summed E-state index contributed by atoms with van der Waals surface area (Å²) in [6, 6.07) is 11.2. The first kappa shape index (κ1) is 16.3. The molecule has 0 atom stereocenters. The fraction of sp³-hybridized carbons (Fsp3) is 0.176. The SMILES string of the molecule is CCn1c(=O)n(CC(=O)Nc2ccc(F)c(Cl)c2)c2ccccc21. The van der Waals surface area contributed by atoms with Crippen LogP contribution in [-0.4, -0.2) is 15.0 Å². The molecule has 0 bridgehead atoms. The molecule has 0 saturated heterocycles. The number of imidazole rings is 1. The Morgan fingerprint density at radius 2 is 1.83 bits per heavy atom. The Labute approximate surface area is 142 Å². The zero-order chi connectivity index (χ0) is 17.3. The second-order valence-corrected chi connectivity index (χ2v) is 5.69. The first-order chi connectivity index (χ1) is 11.5. The van der Waals surface area contributed by atoms with Crippen LogP contribution in [0.15, 0.2) is 47.3 Å². The van der Waals surface area contributed by atoms with Crippen molar-refractivity contribution < 1.29 is 9.18 Å². The summed E-state index contributed by atoms with van der Waals surface area (Å²) in [6.07, 6.45) is 0. The van der Waals surface area contributed by atoms with E-state index in [1.807, 2.05) is 25.1 Å². The van der Waals surface area contributed by atoms with Crippen LogP contribution in [0.3, 0.4) is 0 Å². The summed E-state index contributed by atoms with van der Waals surface area (Å²) in [6.45, 7) is 2.25. The number of hydrogen-bond donors (Lipinski definition) is 1. The lowest BCUT2D eigenvalue weighted by atomic mass is 10.3. The highest BCUT2D eigenvalue weighted by Gasteiger charge is 2.14. The van der Waals surface area contributed by atoms with Gasteiger partial charge in [0, 0.05) is 12.2 Å². The second kappa shape index (κ2) is 6.49. The molecule has 1 amide bonds. The topological polar surface area (TPSA) is 56.0 Å². The lowest BCUT2D eigenvalue weighted by Crippen LogP contribution is -2.29. The maximum atomic E-state index is 13.2. The van der Waals surface area contributed by atoms with E-state index in [1.165, 1.54) is 22.8 Å². The van der Waals surface area contributed by atoms with E-state index in [9.17, 15) is 14.0 Å². The van der Waals surface area contributed by atoms with Gasteiger partial charge >= 0.3 is 5.69 Å². The van der Waals surface area contributed by atoms with Crippen LogP contribution >= 0.6 is 11.6 Å². The van der Waals surface area contributed by atoms with E-state index in [0.29, 0.717) is 17.7 Å². The summed E-state index contributed by atoms with van der Waals surface area (Å²) in [5, 5.41) is 2.54. The van der Waals surface area contributed by atoms with E-state index in [4.69, 9.17) is 11.6 Å². The summed E-state index contributed by atoms with van der Waals surface area (Å²) in [5.41, 5.74) is 1.60. The number of rotatable bonds is 4. The van der Waals surface area contributed by atoms with Crippen molar-refractivity contribution in [2.45, 2.75) is 20.0 Å². The van der Waals surface area contributed by atoms with Gasteiger partial charge in [-0.1, -0.05) is 23.7 Å². The summed E-state index contributed by atoms with van der Waals surface area (Å²) >= 11 is 5.70. The van der Waals surface area contributed by atoms with E-state index in [1.54, 1.807) is 10.6 Å². The molecule has 124 valence electrons. The number of carbonyl (C=O) groups excluding carboxylic acids is 1. The van der Waals surface area contributed by atoms with Gasteiger partial charge in [-0.25, -0.2) is 9.18 Å². The number of amides is 1. The quantitative estimate of drug-likeness (QED) is 0.787. The molecule has 0 fully saturated rings. The average Bonchev–Trinajstić information content (AvgIpc) is 2.83. The summed E-state index contributed by atoms with van der Waals surface area (Å²) in [4.78, 5) is 24.7. The van der Waals surface area contributed by atoms with Gasteiger partial charge in [0.15, 0.2) is 0 Å². The fourth-order valence-electron chi connectivity index (χ4n) is 2.65. The largest absolute Gasteiger partial charge is 0.329 e. The van der Waals surface area contributed by atoms with Crippen LogP contribution in [0, 0.1) is 5.82 Å². The zero-order valence-corrected chi connectivity index (χ0v) is 13.7. The minimum atomic E-state index is -0.558. The van der Waals surface area contributed by atoms with Crippen molar-refractivity contribution in [1.29, 1.82) is 0 Å². The van der Waals surface area contributed by atoms with Crippen LogP contribution in [0.25, 0.3) is 11.0 Å². The Bertz CT molecular complexity index is 978. The van der Waals surface area contributed by atoms with Crippen LogP contribution in [-0.2, 0) is 17.9 Å². The number of aromatic nitrogens is 2. The first-order valence-corrected chi connectivity index (χ1v) is 7.82. The number of hydrogen-bond acceptors (Lipinski definition) is 2. The molecule has 1 aromatic heterocycles. The van der Waals surface area contributed by atoms with Gasteiger partial charge in [0.25, 0.3) is 0 Å². The molecule has 3 aromatic rings.